The number of aromatic nitrogens is 1. The number of rotatable bonds is 2. The number of carbonyl (C=O) groups excluding carboxylic acids is 2. The number of esters is 2. The second-order valence-electron chi connectivity index (χ2n) is 3.10. The molecule has 1 heterocycles. The van der Waals surface area contributed by atoms with Crippen LogP contribution in [-0.4, -0.2) is 31.1 Å². The van der Waals surface area contributed by atoms with E-state index in [0.29, 0.717) is 0 Å². The molecule has 98 valence electrons. The molecule has 0 spiro atoms. The topological polar surface area (TPSA) is 65.5 Å². The maximum absolute atomic E-state index is 11.6. The third-order valence-electron chi connectivity index (χ3n) is 1.98. The molecule has 1 aromatic heterocycles. The number of hydrogen-bond donors (Lipinski definition) is 0. The first-order valence-electron chi connectivity index (χ1n) is 4.55. The second-order valence-corrected chi connectivity index (χ2v) is 5.38. The van der Waals surface area contributed by atoms with Crippen molar-refractivity contribution >= 4 is 46.7 Å². The van der Waals surface area contributed by atoms with Gasteiger partial charge in [0.05, 0.1) is 25.3 Å². The lowest BCUT2D eigenvalue weighted by molar-refractivity contribution is 0.0597. The van der Waals surface area contributed by atoms with Crippen molar-refractivity contribution in [3.63, 3.8) is 0 Å². The Labute approximate surface area is 118 Å². The normalized spacial score (nSPS) is 10.9. The number of nitrogens with zero attached hydrogens (tertiary/aromatic N) is 1. The van der Waals surface area contributed by atoms with Crippen LogP contribution < -0.4 is 0 Å². The first-order chi connectivity index (χ1) is 8.31. The van der Waals surface area contributed by atoms with Gasteiger partial charge in [0, 0.05) is 6.20 Å². The largest absolute Gasteiger partial charge is 0.465 e. The number of halogens is 3. The highest BCUT2D eigenvalue weighted by molar-refractivity contribution is 6.66. The van der Waals surface area contributed by atoms with Crippen LogP contribution in [0, 0.1) is 0 Å². The molecular weight excluding hydrogens is 304 g/mol. The van der Waals surface area contributed by atoms with Crippen molar-refractivity contribution in [2.24, 2.45) is 0 Å². The third kappa shape index (κ3) is 3.25. The smallest absolute Gasteiger partial charge is 0.339 e. The first kappa shape index (κ1) is 15.0. The van der Waals surface area contributed by atoms with Gasteiger partial charge in [-0.2, -0.15) is 0 Å². The van der Waals surface area contributed by atoms with E-state index in [4.69, 9.17) is 34.8 Å². The summed E-state index contributed by atoms with van der Waals surface area (Å²) >= 11 is 17.0. The lowest BCUT2D eigenvalue weighted by Gasteiger charge is -2.14. The quantitative estimate of drug-likeness (QED) is 0.620. The molecule has 0 aromatic carbocycles. The number of alkyl halides is 3. The highest BCUT2D eigenvalue weighted by Crippen LogP contribution is 2.39. The van der Waals surface area contributed by atoms with Crippen molar-refractivity contribution < 1.29 is 19.1 Å². The monoisotopic (exact) mass is 311 g/mol. The zero-order valence-electron chi connectivity index (χ0n) is 9.37. The van der Waals surface area contributed by atoms with Crippen LogP contribution in [0.5, 0.6) is 0 Å². The van der Waals surface area contributed by atoms with E-state index in [9.17, 15) is 9.59 Å². The summed E-state index contributed by atoms with van der Waals surface area (Å²) in [5.41, 5.74) is -0.177. The molecule has 0 amide bonds. The standard InChI is InChI=1S/C10H8Cl3NO4/c1-17-8(15)5-3-6(9(16)18-2)7(14-4-5)10(11,12)13/h3-4H,1-2H3. The van der Waals surface area contributed by atoms with E-state index in [0.717, 1.165) is 13.3 Å². The molecule has 5 nitrogen and oxygen atoms in total. The van der Waals surface area contributed by atoms with Gasteiger partial charge in [-0.3, -0.25) is 4.98 Å². The average molecular weight is 313 g/mol. The second kappa shape index (κ2) is 5.73. The summed E-state index contributed by atoms with van der Waals surface area (Å²) in [6.45, 7) is 0. The fraction of sp³-hybridized carbons (Fsp3) is 0.300. The van der Waals surface area contributed by atoms with Crippen LogP contribution in [0.2, 0.25) is 0 Å². The Morgan fingerprint density at radius 3 is 2.17 bits per heavy atom. The van der Waals surface area contributed by atoms with Crippen LogP contribution in [0.15, 0.2) is 12.3 Å². The predicted molar refractivity (Wildman–Crippen MR) is 66.2 cm³/mol. The Morgan fingerprint density at radius 2 is 1.72 bits per heavy atom. The maximum Gasteiger partial charge on any atom is 0.339 e. The molecule has 0 radical (unpaired) electrons. The van der Waals surface area contributed by atoms with Gasteiger partial charge in [-0.25, -0.2) is 9.59 Å². The number of carbonyl (C=O) groups is 2. The highest BCUT2D eigenvalue weighted by atomic mass is 35.6. The molecule has 0 aliphatic rings. The lowest BCUT2D eigenvalue weighted by Crippen LogP contribution is -2.16. The molecule has 0 fully saturated rings. The highest BCUT2D eigenvalue weighted by Gasteiger charge is 2.31. The minimum Gasteiger partial charge on any atom is -0.465 e. The molecule has 0 atom stereocenters. The predicted octanol–water partition coefficient (Wildman–Crippen LogP) is 2.48. The summed E-state index contributed by atoms with van der Waals surface area (Å²) in [7, 11) is 2.36. The third-order valence-corrected chi connectivity index (χ3v) is 2.52. The molecule has 1 aromatic rings. The van der Waals surface area contributed by atoms with Gasteiger partial charge in [0.1, 0.15) is 5.69 Å². The molecule has 0 N–H and O–H groups in total. The van der Waals surface area contributed by atoms with Gasteiger partial charge >= 0.3 is 11.9 Å². The summed E-state index contributed by atoms with van der Waals surface area (Å²) < 4.78 is 7.13. The van der Waals surface area contributed by atoms with Crippen molar-refractivity contribution in [2.75, 3.05) is 14.2 Å². The maximum atomic E-state index is 11.6. The van der Waals surface area contributed by atoms with E-state index >= 15 is 0 Å². The lowest BCUT2D eigenvalue weighted by atomic mass is 10.1. The zero-order valence-corrected chi connectivity index (χ0v) is 11.6. The van der Waals surface area contributed by atoms with Crippen LogP contribution in [0.1, 0.15) is 26.4 Å². The summed E-state index contributed by atoms with van der Waals surface area (Å²) in [5.74, 6) is -1.43. The van der Waals surface area contributed by atoms with Crippen LogP contribution >= 0.6 is 34.8 Å². The van der Waals surface area contributed by atoms with Crippen molar-refractivity contribution in [1.82, 2.24) is 4.98 Å². The van der Waals surface area contributed by atoms with Gasteiger partial charge in [-0.1, -0.05) is 34.8 Å². The molecule has 0 aliphatic heterocycles. The Hall–Kier alpha value is -1.04. The fourth-order valence-electron chi connectivity index (χ4n) is 1.19. The molecule has 0 saturated carbocycles. The van der Waals surface area contributed by atoms with Crippen molar-refractivity contribution in [3.05, 3.63) is 29.1 Å². The summed E-state index contributed by atoms with van der Waals surface area (Å²) in [5, 5.41) is 0. The fourth-order valence-corrected chi connectivity index (χ4v) is 1.64. The minimum atomic E-state index is -1.90. The number of ether oxygens (including phenoxy) is 2. The molecule has 0 unspecified atom stereocenters. The number of hydrogen-bond acceptors (Lipinski definition) is 5. The molecule has 0 bridgehead atoms. The molecule has 18 heavy (non-hydrogen) atoms. The van der Waals surface area contributed by atoms with E-state index in [1.165, 1.54) is 13.2 Å². The van der Waals surface area contributed by atoms with Gasteiger partial charge in [0.2, 0.25) is 3.79 Å². The molecule has 0 saturated heterocycles. The summed E-state index contributed by atoms with van der Waals surface area (Å²) in [6.07, 6.45) is 1.15. The summed E-state index contributed by atoms with van der Waals surface area (Å²) in [4.78, 5) is 26.7. The van der Waals surface area contributed by atoms with E-state index < -0.39 is 15.7 Å². The van der Waals surface area contributed by atoms with E-state index in [-0.39, 0.29) is 16.8 Å². The van der Waals surface area contributed by atoms with Crippen molar-refractivity contribution in [1.29, 1.82) is 0 Å². The van der Waals surface area contributed by atoms with Crippen LogP contribution in [0.4, 0.5) is 0 Å². The Kier molecular flexibility index (Phi) is 4.78. The van der Waals surface area contributed by atoms with Gasteiger partial charge < -0.3 is 9.47 Å². The minimum absolute atomic E-state index is 0.0518. The SMILES string of the molecule is COC(=O)c1cnc(C(Cl)(Cl)Cl)c(C(=O)OC)c1. The Balaban J connectivity index is 3.39. The van der Waals surface area contributed by atoms with Gasteiger partial charge in [-0.15, -0.1) is 0 Å². The summed E-state index contributed by atoms with van der Waals surface area (Å²) in [6, 6.07) is 1.20. The van der Waals surface area contributed by atoms with Crippen molar-refractivity contribution in [2.45, 2.75) is 3.79 Å². The molecule has 0 aliphatic carbocycles. The van der Waals surface area contributed by atoms with Crippen molar-refractivity contribution in [3.8, 4) is 0 Å². The molecule has 8 heteroatoms. The van der Waals surface area contributed by atoms with Gasteiger partial charge in [0.15, 0.2) is 0 Å². The Morgan fingerprint density at radius 1 is 1.17 bits per heavy atom. The first-order valence-corrected chi connectivity index (χ1v) is 5.68. The van der Waals surface area contributed by atoms with Gasteiger partial charge in [-0.05, 0) is 6.07 Å². The van der Waals surface area contributed by atoms with Crippen LogP contribution in [0.25, 0.3) is 0 Å². The Bertz CT molecular complexity index is 485. The van der Waals surface area contributed by atoms with E-state index in [2.05, 4.69) is 14.5 Å². The number of pyridine rings is 1. The van der Waals surface area contributed by atoms with Crippen LogP contribution in [0.3, 0.4) is 0 Å². The van der Waals surface area contributed by atoms with E-state index in [1.807, 2.05) is 0 Å². The van der Waals surface area contributed by atoms with Gasteiger partial charge in [0.25, 0.3) is 0 Å². The average Bonchev–Trinajstić information content (AvgIpc) is 2.35. The molecular formula is C10H8Cl3NO4. The number of methoxy groups -OCH3 is 2. The van der Waals surface area contributed by atoms with Crippen LogP contribution in [-0.2, 0) is 13.3 Å². The molecule has 1 rings (SSSR count). The van der Waals surface area contributed by atoms with E-state index in [1.54, 1.807) is 0 Å². The zero-order chi connectivity index (χ0) is 13.9.